The molecule has 1 rings (SSSR count). The molecule has 0 saturated carbocycles. The first-order chi connectivity index (χ1) is 5.29. The van der Waals surface area contributed by atoms with Crippen LogP contribution in [0.25, 0.3) is 0 Å². The Morgan fingerprint density at radius 3 is 3.09 bits per heavy atom. The molecule has 0 unspecified atom stereocenters. The van der Waals surface area contributed by atoms with Gasteiger partial charge in [-0.15, -0.1) is 0 Å². The third-order valence-electron chi connectivity index (χ3n) is 1.53. The van der Waals surface area contributed by atoms with E-state index in [0.717, 1.165) is 13.2 Å². The molecule has 0 aromatic rings. The largest absolute Gasteiger partial charge is 0.481 e. The lowest BCUT2D eigenvalue weighted by molar-refractivity contribution is -0.137. The molecule has 0 bridgehead atoms. The van der Waals surface area contributed by atoms with E-state index >= 15 is 0 Å². The fourth-order valence-corrected chi connectivity index (χ4v) is 0.968. The van der Waals surface area contributed by atoms with Gasteiger partial charge in [-0.1, -0.05) is 0 Å². The van der Waals surface area contributed by atoms with Crippen molar-refractivity contribution in [3.8, 4) is 0 Å². The molecule has 1 aliphatic heterocycles. The van der Waals surface area contributed by atoms with Gasteiger partial charge in [-0.2, -0.15) is 0 Å². The predicted octanol–water partition coefficient (Wildman–Crippen LogP) is 0.185. The van der Waals surface area contributed by atoms with E-state index in [1.54, 1.807) is 0 Å². The fraction of sp³-hybridized carbons (Fsp3) is 0.571. The maximum atomic E-state index is 10.1. The molecular formula is C7H12N2O2. The van der Waals surface area contributed by atoms with Gasteiger partial charge in [0.05, 0.1) is 6.67 Å². The van der Waals surface area contributed by atoms with E-state index < -0.39 is 5.97 Å². The number of carboxylic acid groups (broad SMARTS) is 1. The van der Waals surface area contributed by atoms with E-state index in [-0.39, 0.29) is 6.42 Å². The van der Waals surface area contributed by atoms with Crippen LogP contribution in [0.5, 0.6) is 0 Å². The van der Waals surface area contributed by atoms with Crippen molar-refractivity contribution < 1.29 is 9.90 Å². The highest BCUT2D eigenvalue weighted by molar-refractivity contribution is 5.66. The normalized spacial score (nSPS) is 15.1. The second kappa shape index (κ2) is 3.85. The minimum absolute atomic E-state index is 0.254. The average molecular weight is 156 g/mol. The fourth-order valence-electron chi connectivity index (χ4n) is 0.968. The van der Waals surface area contributed by atoms with Crippen molar-refractivity contribution in [2.24, 2.45) is 0 Å². The van der Waals surface area contributed by atoms with Crippen molar-refractivity contribution in [1.29, 1.82) is 0 Å². The molecule has 0 amide bonds. The molecule has 0 aromatic carbocycles. The molecule has 2 N–H and O–H groups in total. The topological polar surface area (TPSA) is 52.6 Å². The maximum Gasteiger partial charge on any atom is 0.303 e. The number of nitrogens with zero attached hydrogens (tertiary/aromatic N) is 1. The lowest BCUT2D eigenvalue weighted by Crippen LogP contribution is -2.22. The van der Waals surface area contributed by atoms with Crippen LogP contribution in [-0.2, 0) is 4.79 Å². The molecule has 0 aliphatic carbocycles. The summed E-state index contributed by atoms with van der Waals surface area (Å²) in [5, 5.41) is 11.3. The van der Waals surface area contributed by atoms with Gasteiger partial charge in [0.2, 0.25) is 0 Å². The van der Waals surface area contributed by atoms with E-state index in [4.69, 9.17) is 5.11 Å². The summed E-state index contributed by atoms with van der Waals surface area (Å²) in [5.74, 6) is -0.721. The molecule has 4 heteroatoms. The second-order valence-electron chi connectivity index (χ2n) is 2.49. The lowest BCUT2D eigenvalue weighted by Gasteiger charge is -2.12. The molecule has 0 aromatic heterocycles. The number of nitrogens with one attached hydrogen (secondary N) is 1. The summed E-state index contributed by atoms with van der Waals surface area (Å²) in [6.07, 6.45) is 4.76. The summed E-state index contributed by atoms with van der Waals surface area (Å²) in [5.41, 5.74) is 0. The van der Waals surface area contributed by atoms with Crippen LogP contribution in [0.3, 0.4) is 0 Å². The molecule has 62 valence electrons. The van der Waals surface area contributed by atoms with Gasteiger partial charge in [-0.25, -0.2) is 0 Å². The van der Waals surface area contributed by atoms with Crippen molar-refractivity contribution in [3.05, 3.63) is 12.4 Å². The van der Waals surface area contributed by atoms with Crippen molar-refractivity contribution in [2.45, 2.75) is 12.8 Å². The van der Waals surface area contributed by atoms with Crippen molar-refractivity contribution in [2.75, 3.05) is 13.2 Å². The zero-order valence-corrected chi connectivity index (χ0v) is 6.29. The molecule has 1 heterocycles. The van der Waals surface area contributed by atoms with Crippen molar-refractivity contribution >= 4 is 5.97 Å². The summed E-state index contributed by atoms with van der Waals surface area (Å²) in [6, 6.07) is 0. The van der Waals surface area contributed by atoms with Crippen LogP contribution in [0.15, 0.2) is 12.4 Å². The van der Waals surface area contributed by atoms with Gasteiger partial charge in [0.25, 0.3) is 0 Å². The zero-order chi connectivity index (χ0) is 8.10. The zero-order valence-electron chi connectivity index (χ0n) is 6.29. The van der Waals surface area contributed by atoms with Gasteiger partial charge in [0.15, 0.2) is 0 Å². The standard InChI is InChI=1S/C7H12N2O2/c10-7(11)2-1-4-9-5-3-8-6-9/h3,5,8H,1-2,4,6H2,(H,10,11). The molecule has 0 spiro atoms. The Morgan fingerprint density at radius 2 is 2.55 bits per heavy atom. The highest BCUT2D eigenvalue weighted by Crippen LogP contribution is 1.98. The molecule has 1 aliphatic rings. The minimum Gasteiger partial charge on any atom is -0.481 e. The van der Waals surface area contributed by atoms with Crippen LogP contribution >= 0.6 is 0 Å². The number of hydrogen-bond donors (Lipinski definition) is 2. The first-order valence-corrected chi connectivity index (χ1v) is 3.65. The van der Waals surface area contributed by atoms with Gasteiger partial charge in [-0.05, 0) is 6.42 Å². The van der Waals surface area contributed by atoms with Crippen LogP contribution in [-0.4, -0.2) is 29.2 Å². The van der Waals surface area contributed by atoms with E-state index in [0.29, 0.717) is 6.42 Å². The van der Waals surface area contributed by atoms with Crippen LogP contribution in [0.1, 0.15) is 12.8 Å². The monoisotopic (exact) mass is 156 g/mol. The van der Waals surface area contributed by atoms with E-state index in [1.165, 1.54) is 0 Å². The molecule has 0 saturated heterocycles. The Kier molecular flexibility index (Phi) is 2.77. The molecule has 0 fully saturated rings. The van der Waals surface area contributed by atoms with Gasteiger partial charge < -0.3 is 15.3 Å². The molecule has 4 nitrogen and oxygen atoms in total. The Balaban J connectivity index is 2.03. The minimum atomic E-state index is -0.721. The molecule has 0 atom stereocenters. The summed E-state index contributed by atoms with van der Waals surface area (Å²) >= 11 is 0. The van der Waals surface area contributed by atoms with E-state index in [9.17, 15) is 4.79 Å². The quantitative estimate of drug-likeness (QED) is 0.610. The number of carbonyl (C=O) groups is 1. The maximum absolute atomic E-state index is 10.1. The summed E-state index contributed by atoms with van der Waals surface area (Å²) in [4.78, 5) is 12.2. The number of aliphatic carboxylic acids is 1. The SMILES string of the molecule is O=C(O)CCCN1C=CNC1. The van der Waals surface area contributed by atoms with Gasteiger partial charge >= 0.3 is 5.97 Å². The highest BCUT2D eigenvalue weighted by Gasteiger charge is 2.03. The Labute approximate surface area is 65.5 Å². The van der Waals surface area contributed by atoms with Crippen LogP contribution < -0.4 is 5.32 Å². The van der Waals surface area contributed by atoms with Crippen molar-refractivity contribution in [3.63, 3.8) is 0 Å². The van der Waals surface area contributed by atoms with Gasteiger partial charge in [0.1, 0.15) is 0 Å². The average Bonchev–Trinajstić information content (AvgIpc) is 2.39. The van der Waals surface area contributed by atoms with E-state index in [2.05, 4.69) is 5.32 Å². The van der Waals surface area contributed by atoms with Crippen LogP contribution in [0.4, 0.5) is 0 Å². The first-order valence-electron chi connectivity index (χ1n) is 3.65. The van der Waals surface area contributed by atoms with Gasteiger partial charge in [0, 0.05) is 25.4 Å². The molecule has 11 heavy (non-hydrogen) atoms. The third-order valence-corrected chi connectivity index (χ3v) is 1.53. The molecule has 0 radical (unpaired) electrons. The number of rotatable bonds is 4. The van der Waals surface area contributed by atoms with E-state index in [1.807, 2.05) is 17.3 Å². The predicted molar refractivity (Wildman–Crippen MR) is 40.7 cm³/mol. The smallest absolute Gasteiger partial charge is 0.303 e. The Hall–Kier alpha value is -1.19. The first kappa shape index (κ1) is 7.91. The Bertz CT molecular complexity index is 168. The number of carboxylic acids is 1. The highest BCUT2D eigenvalue weighted by atomic mass is 16.4. The van der Waals surface area contributed by atoms with Crippen LogP contribution in [0, 0.1) is 0 Å². The summed E-state index contributed by atoms with van der Waals surface area (Å²) < 4.78 is 0. The lowest BCUT2D eigenvalue weighted by atomic mass is 10.3. The number of hydrogen-bond acceptors (Lipinski definition) is 3. The molecular weight excluding hydrogens is 144 g/mol. The van der Waals surface area contributed by atoms with Crippen molar-refractivity contribution in [1.82, 2.24) is 10.2 Å². The van der Waals surface area contributed by atoms with Crippen LogP contribution in [0.2, 0.25) is 0 Å². The summed E-state index contributed by atoms with van der Waals surface area (Å²) in [6.45, 7) is 1.62. The van der Waals surface area contributed by atoms with Gasteiger partial charge in [-0.3, -0.25) is 4.79 Å². The summed E-state index contributed by atoms with van der Waals surface area (Å²) in [7, 11) is 0. The Morgan fingerprint density at radius 1 is 1.73 bits per heavy atom. The third kappa shape index (κ3) is 2.93. The second-order valence-corrected chi connectivity index (χ2v) is 2.49.